The summed E-state index contributed by atoms with van der Waals surface area (Å²) in [4.78, 5) is 0. The molecule has 0 aliphatic carbocycles. The standard InChI is InChI=1S/C9H13N3S/c1-7-6-9(12(3)11-7)13-8(2)4-5-10/h6,8H,4H2,1-3H3. The van der Waals surface area contributed by atoms with Gasteiger partial charge in [0.1, 0.15) is 0 Å². The zero-order chi connectivity index (χ0) is 9.84. The van der Waals surface area contributed by atoms with Crippen molar-refractivity contribution in [2.45, 2.75) is 30.5 Å². The second kappa shape index (κ2) is 4.33. The van der Waals surface area contributed by atoms with Crippen LogP contribution in [0.4, 0.5) is 0 Å². The quantitative estimate of drug-likeness (QED) is 0.694. The van der Waals surface area contributed by atoms with Crippen LogP contribution in [0.3, 0.4) is 0 Å². The van der Waals surface area contributed by atoms with Gasteiger partial charge in [0.05, 0.1) is 16.8 Å². The lowest BCUT2D eigenvalue weighted by molar-refractivity contribution is 0.691. The molecular weight excluding hydrogens is 182 g/mol. The molecule has 13 heavy (non-hydrogen) atoms. The third kappa shape index (κ3) is 2.78. The minimum absolute atomic E-state index is 0.333. The van der Waals surface area contributed by atoms with E-state index in [1.165, 1.54) is 0 Å². The van der Waals surface area contributed by atoms with Crippen molar-refractivity contribution in [2.75, 3.05) is 0 Å². The molecule has 0 aliphatic heterocycles. The van der Waals surface area contributed by atoms with E-state index in [-0.39, 0.29) is 0 Å². The number of hydrogen-bond donors (Lipinski definition) is 0. The van der Waals surface area contributed by atoms with E-state index in [9.17, 15) is 0 Å². The monoisotopic (exact) mass is 195 g/mol. The highest BCUT2D eigenvalue weighted by Gasteiger charge is 2.07. The van der Waals surface area contributed by atoms with Crippen LogP contribution in [0.5, 0.6) is 0 Å². The maximum Gasteiger partial charge on any atom is 0.0942 e. The summed E-state index contributed by atoms with van der Waals surface area (Å²) in [6.45, 7) is 4.02. The van der Waals surface area contributed by atoms with Gasteiger partial charge in [0, 0.05) is 18.7 Å². The lowest BCUT2D eigenvalue weighted by atomic mass is 10.4. The fourth-order valence-electron chi connectivity index (χ4n) is 1.07. The van der Waals surface area contributed by atoms with E-state index in [4.69, 9.17) is 5.26 Å². The minimum atomic E-state index is 0.333. The molecule has 0 saturated heterocycles. The number of thioether (sulfide) groups is 1. The summed E-state index contributed by atoms with van der Waals surface area (Å²) in [6.07, 6.45) is 0.578. The fraction of sp³-hybridized carbons (Fsp3) is 0.556. The van der Waals surface area contributed by atoms with Crippen molar-refractivity contribution in [3.63, 3.8) is 0 Å². The first-order valence-electron chi connectivity index (χ1n) is 4.17. The summed E-state index contributed by atoms with van der Waals surface area (Å²) < 4.78 is 1.86. The van der Waals surface area contributed by atoms with Gasteiger partial charge in [-0.3, -0.25) is 4.68 Å². The van der Waals surface area contributed by atoms with Crippen LogP contribution >= 0.6 is 11.8 Å². The molecule has 0 radical (unpaired) electrons. The van der Waals surface area contributed by atoms with Crippen molar-refractivity contribution in [1.82, 2.24) is 9.78 Å². The predicted octanol–water partition coefficient (Wildman–Crippen LogP) is 2.12. The molecule has 1 aromatic rings. The van der Waals surface area contributed by atoms with E-state index < -0.39 is 0 Å². The molecule has 0 bridgehead atoms. The predicted molar refractivity (Wildman–Crippen MR) is 53.5 cm³/mol. The molecular formula is C9H13N3S. The Balaban J connectivity index is 2.64. The molecule has 1 rings (SSSR count). The number of aromatic nitrogens is 2. The summed E-state index contributed by atoms with van der Waals surface area (Å²) in [5.74, 6) is 0. The van der Waals surface area contributed by atoms with E-state index in [0.717, 1.165) is 10.7 Å². The molecule has 0 fully saturated rings. The molecule has 0 aliphatic rings. The van der Waals surface area contributed by atoms with Gasteiger partial charge in [-0.25, -0.2) is 0 Å². The molecule has 0 saturated carbocycles. The lowest BCUT2D eigenvalue weighted by Gasteiger charge is -2.05. The molecule has 0 N–H and O–H groups in total. The highest BCUT2D eigenvalue weighted by atomic mass is 32.2. The normalized spacial score (nSPS) is 12.5. The Morgan fingerprint density at radius 3 is 2.92 bits per heavy atom. The van der Waals surface area contributed by atoms with Crippen molar-refractivity contribution in [3.8, 4) is 6.07 Å². The maximum absolute atomic E-state index is 8.50. The zero-order valence-corrected chi connectivity index (χ0v) is 8.93. The van der Waals surface area contributed by atoms with E-state index in [1.807, 2.05) is 24.7 Å². The van der Waals surface area contributed by atoms with Crippen molar-refractivity contribution in [3.05, 3.63) is 11.8 Å². The van der Waals surface area contributed by atoms with Gasteiger partial charge in [0.15, 0.2) is 0 Å². The molecule has 70 valence electrons. The van der Waals surface area contributed by atoms with Crippen molar-refractivity contribution in [2.24, 2.45) is 7.05 Å². The van der Waals surface area contributed by atoms with Gasteiger partial charge in [-0.2, -0.15) is 10.4 Å². The van der Waals surface area contributed by atoms with Crippen LogP contribution in [0.15, 0.2) is 11.1 Å². The van der Waals surface area contributed by atoms with Gasteiger partial charge >= 0.3 is 0 Å². The average molecular weight is 195 g/mol. The molecule has 0 amide bonds. The maximum atomic E-state index is 8.50. The molecule has 3 nitrogen and oxygen atoms in total. The van der Waals surface area contributed by atoms with Gasteiger partial charge in [0.2, 0.25) is 0 Å². The number of nitriles is 1. The topological polar surface area (TPSA) is 41.6 Å². The van der Waals surface area contributed by atoms with Gasteiger partial charge in [-0.15, -0.1) is 11.8 Å². The summed E-state index contributed by atoms with van der Waals surface area (Å²) in [6, 6.07) is 4.20. The van der Waals surface area contributed by atoms with Gasteiger partial charge in [0.25, 0.3) is 0 Å². The summed E-state index contributed by atoms with van der Waals surface area (Å²) in [5.41, 5.74) is 1.02. The van der Waals surface area contributed by atoms with E-state index in [0.29, 0.717) is 11.7 Å². The second-order valence-corrected chi connectivity index (χ2v) is 4.50. The molecule has 0 spiro atoms. The van der Waals surface area contributed by atoms with Crippen LogP contribution in [0.2, 0.25) is 0 Å². The number of hydrogen-bond acceptors (Lipinski definition) is 3. The van der Waals surface area contributed by atoms with E-state index in [1.54, 1.807) is 11.8 Å². The fourth-order valence-corrected chi connectivity index (χ4v) is 2.08. The van der Waals surface area contributed by atoms with Crippen LogP contribution < -0.4 is 0 Å². The molecule has 1 aromatic heterocycles. The summed E-state index contributed by atoms with van der Waals surface area (Å²) in [7, 11) is 1.93. The van der Waals surface area contributed by atoms with Crippen LogP contribution in [0.25, 0.3) is 0 Å². The molecule has 1 unspecified atom stereocenters. The smallest absolute Gasteiger partial charge is 0.0942 e. The Labute approximate surface area is 82.7 Å². The van der Waals surface area contributed by atoms with Crippen molar-refractivity contribution < 1.29 is 0 Å². The summed E-state index contributed by atoms with van der Waals surface area (Å²) >= 11 is 1.69. The van der Waals surface area contributed by atoms with Crippen LogP contribution in [0, 0.1) is 18.3 Å². The SMILES string of the molecule is Cc1cc(SC(C)CC#N)n(C)n1. The van der Waals surface area contributed by atoms with Gasteiger partial charge < -0.3 is 0 Å². The Morgan fingerprint density at radius 1 is 1.77 bits per heavy atom. The van der Waals surface area contributed by atoms with Crippen molar-refractivity contribution in [1.29, 1.82) is 5.26 Å². The Kier molecular flexibility index (Phi) is 3.38. The number of aryl methyl sites for hydroxylation is 2. The largest absolute Gasteiger partial charge is 0.262 e. The summed E-state index contributed by atoms with van der Waals surface area (Å²) in [5, 5.41) is 14.2. The molecule has 1 atom stereocenters. The third-order valence-electron chi connectivity index (χ3n) is 1.66. The molecule has 4 heteroatoms. The second-order valence-electron chi connectivity index (χ2n) is 3.04. The third-order valence-corrected chi connectivity index (χ3v) is 2.85. The van der Waals surface area contributed by atoms with Crippen molar-refractivity contribution >= 4 is 11.8 Å². The number of nitrogens with zero attached hydrogens (tertiary/aromatic N) is 3. The molecule has 0 aromatic carbocycles. The van der Waals surface area contributed by atoms with Crippen LogP contribution in [0.1, 0.15) is 19.0 Å². The molecule has 1 heterocycles. The van der Waals surface area contributed by atoms with Gasteiger partial charge in [-0.1, -0.05) is 6.92 Å². The Morgan fingerprint density at radius 2 is 2.46 bits per heavy atom. The van der Waals surface area contributed by atoms with Crippen LogP contribution in [-0.2, 0) is 7.05 Å². The zero-order valence-electron chi connectivity index (χ0n) is 8.11. The average Bonchev–Trinajstić information content (AvgIpc) is 2.30. The van der Waals surface area contributed by atoms with Gasteiger partial charge in [-0.05, 0) is 13.0 Å². The lowest BCUT2D eigenvalue weighted by Crippen LogP contribution is -1.98. The minimum Gasteiger partial charge on any atom is -0.262 e. The first-order valence-corrected chi connectivity index (χ1v) is 5.05. The number of rotatable bonds is 3. The van der Waals surface area contributed by atoms with Crippen LogP contribution in [-0.4, -0.2) is 15.0 Å². The van der Waals surface area contributed by atoms with E-state index >= 15 is 0 Å². The highest BCUT2D eigenvalue weighted by molar-refractivity contribution is 7.99. The highest BCUT2D eigenvalue weighted by Crippen LogP contribution is 2.24. The Hall–Kier alpha value is -0.950. The Bertz CT molecular complexity index is 324. The first kappa shape index (κ1) is 10.1. The van der Waals surface area contributed by atoms with E-state index in [2.05, 4.69) is 18.1 Å². The first-order chi connectivity index (χ1) is 6.13.